The van der Waals surface area contributed by atoms with Crippen molar-refractivity contribution in [1.29, 1.82) is 0 Å². The van der Waals surface area contributed by atoms with E-state index in [-0.39, 0.29) is 0 Å². The molecule has 4 N–H and O–H groups in total. The molecule has 1 aromatic heterocycles. The number of rotatable bonds is 10. The number of fused-ring (bicyclic) bond motifs is 1. The minimum Gasteiger partial charge on any atom is -0.492 e. The van der Waals surface area contributed by atoms with Crippen LogP contribution in [-0.2, 0) is 10.0 Å². The zero-order valence-corrected chi connectivity index (χ0v) is 18.3. The van der Waals surface area contributed by atoms with Gasteiger partial charge in [0.15, 0.2) is 5.15 Å². The van der Waals surface area contributed by atoms with Gasteiger partial charge < -0.3 is 15.2 Å². The van der Waals surface area contributed by atoms with E-state index in [1.54, 1.807) is 38.1 Å². The topological polar surface area (TPSA) is 116 Å². The first-order valence-electron chi connectivity index (χ1n) is 9.53. The van der Waals surface area contributed by atoms with Crippen LogP contribution in [0.25, 0.3) is 10.9 Å². The number of ether oxygens (including phenoxy) is 1. The molecule has 10 heteroatoms. The standard InChI is InChI=1S/C20H25ClN4O4S/c1-13(2)30(27,28)25-15-5-3-4-14(10-15)19(26)12-22-8-9-29-16-6-7-17-18(11-16)23-24-20(17)21/h3-7,10-11,13,19,22,25-26H,8-9,12H2,1-2H3,(H,23,24). The first-order chi connectivity index (χ1) is 14.3. The SMILES string of the molecule is CC(C)S(=O)(=O)Nc1cccc(C(O)CNCCOc2ccc3c(Cl)n[nH]c3c2)c1. The molecule has 8 nitrogen and oxygen atoms in total. The Bertz CT molecular complexity index is 1100. The third kappa shape index (κ3) is 5.63. The third-order valence-corrected chi connectivity index (χ3v) is 6.57. The van der Waals surface area contributed by atoms with Crippen molar-refractivity contribution in [2.75, 3.05) is 24.4 Å². The van der Waals surface area contributed by atoms with Gasteiger partial charge in [0.2, 0.25) is 10.0 Å². The maximum absolute atomic E-state index is 12.0. The smallest absolute Gasteiger partial charge is 0.235 e. The van der Waals surface area contributed by atoms with Crippen molar-refractivity contribution < 1.29 is 18.3 Å². The quantitative estimate of drug-likeness (QED) is 0.351. The number of benzene rings is 2. The van der Waals surface area contributed by atoms with Crippen LogP contribution in [0.2, 0.25) is 5.15 Å². The number of nitrogens with zero attached hydrogens (tertiary/aromatic N) is 1. The van der Waals surface area contributed by atoms with Crippen LogP contribution in [0.5, 0.6) is 5.75 Å². The second kappa shape index (κ2) is 9.65. The van der Waals surface area contributed by atoms with Crippen LogP contribution in [0.15, 0.2) is 42.5 Å². The number of hydrogen-bond donors (Lipinski definition) is 4. The number of aliphatic hydroxyl groups excluding tert-OH is 1. The number of anilines is 1. The van der Waals surface area contributed by atoms with Crippen LogP contribution >= 0.6 is 11.6 Å². The molecule has 1 atom stereocenters. The number of H-pyrrole nitrogens is 1. The maximum Gasteiger partial charge on any atom is 0.235 e. The molecule has 0 saturated heterocycles. The van der Waals surface area contributed by atoms with Gasteiger partial charge in [-0.05, 0) is 43.7 Å². The van der Waals surface area contributed by atoms with E-state index in [4.69, 9.17) is 16.3 Å². The lowest BCUT2D eigenvalue weighted by molar-refractivity contribution is 0.172. The van der Waals surface area contributed by atoms with Crippen molar-refractivity contribution >= 4 is 38.2 Å². The fraction of sp³-hybridized carbons (Fsp3) is 0.350. The lowest BCUT2D eigenvalue weighted by Crippen LogP contribution is -2.26. The molecule has 1 heterocycles. The summed E-state index contributed by atoms with van der Waals surface area (Å²) < 4.78 is 32.2. The van der Waals surface area contributed by atoms with Gasteiger partial charge in [0.1, 0.15) is 12.4 Å². The van der Waals surface area contributed by atoms with Gasteiger partial charge >= 0.3 is 0 Å². The number of hydrogen-bond acceptors (Lipinski definition) is 6. The Morgan fingerprint density at radius 2 is 2.03 bits per heavy atom. The summed E-state index contributed by atoms with van der Waals surface area (Å²) in [5.74, 6) is 0.690. The molecule has 2 aromatic carbocycles. The van der Waals surface area contributed by atoms with Crippen LogP contribution < -0.4 is 14.8 Å². The highest BCUT2D eigenvalue weighted by atomic mass is 35.5. The molecule has 0 fully saturated rings. The van der Waals surface area contributed by atoms with Gasteiger partial charge in [-0.2, -0.15) is 5.10 Å². The summed E-state index contributed by atoms with van der Waals surface area (Å²) in [5.41, 5.74) is 1.85. The number of aromatic nitrogens is 2. The summed E-state index contributed by atoms with van der Waals surface area (Å²) in [6.07, 6.45) is -0.781. The van der Waals surface area contributed by atoms with E-state index >= 15 is 0 Å². The Balaban J connectivity index is 1.46. The number of aromatic amines is 1. The molecule has 1 unspecified atom stereocenters. The fourth-order valence-corrected chi connectivity index (χ4v) is 3.64. The van der Waals surface area contributed by atoms with Gasteiger partial charge in [0.05, 0.1) is 16.9 Å². The molecule has 0 spiro atoms. The molecule has 0 aliphatic heterocycles. The van der Waals surface area contributed by atoms with Crippen molar-refractivity contribution in [1.82, 2.24) is 15.5 Å². The Labute approximate surface area is 180 Å². The molecule has 3 rings (SSSR count). The van der Waals surface area contributed by atoms with E-state index in [0.717, 1.165) is 10.9 Å². The predicted octanol–water partition coefficient (Wildman–Crippen LogP) is 3.07. The summed E-state index contributed by atoms with van der Waals surface area (Å²) in [6.45, 7) is 4.45. The molecule has 0 aliphatic carbocycles. The van der Waals surface area contributed by atoms with E-state index in [2.05, 4.69) is 20.2 Å². The highest BCUT2D eigenvalue weighted by molar-refractivity contribution is 7.93. The molecule has 0 saturated carbocycles. The van der Waals surface area contributed by atoms with Crippen molar-refractivity contribution in [2.45, 2.75) is 25.2 Å². The molecule has 0 aliphatic rings. The van der Waals surface area contributed by atoms with E-state index in [0.29, 0.717) is 41.8 Å². The van der Waals surface area contributed by atoms with Crippen LogP contribution in [-0.4, -0.2) is 48.7 Å². The predicted molar refractivity (Wildman–Crippen MR) is 119 cm³/mol. The molecule has 0 radical (unpaired) electrons. The number of sulfonamides is 1. The fourth-order valence-electron chi connectivity index (χ4n) is 2.74. The molecular weight excluding hydrogens is 428 g/mol. The van der Waals surface area contributed by atoms with Gasteiger partial charge in [0, 0.05) is 30.2 Å². The van der Waals surface area contributed by atoms with Crippen molar-refractivity contribution in [3.63, 3.8) is 0 Å². The second-order valence-electron chi connectivity index (χ2n) is 7.11. The van der Waals surface area contributed by atoms with Gasteiger partial charge in [-0.25, -0.2) is 8.42 Å². The Hall–Kier alpha value is -2.33. The summed E-state index contributed by atoms with van der Waals surface area (Å²) in [7, 11) is -3.43. The average Bonchev–Trinajstić information content (AvgIpc) is 3.07. The first kappa shape index (κ1) is 22.4. The van der Waals surface area contributed by atoms with Crippen molar-refractivity contribution in [3.05, 3.63) is 53.2 Å². The van der Waals surface area contributed by atoms with Gasteiger partial charge in [-0.1, -0.05) is 23.7 Å². The molecule has 162 valence electrons. The van der Waals surface area contributed by atoms with Gasteiger partial charge in [0.25, 0.3) is 0 Å². The van der Waals surface area contributed by atoms with E-state index in [1.165, 1.54) is 0 Å². The average molecular weight is 453 g/mol. The minimum atomic E-state index is -3.43. The Morgan fingerprint density at radius 1 is 1.23 bits per heavy atom. The van der Waals surface area contributed by atoms with E-state index < -0.39 is 21.4 Å². The third-order valence-electron chi connectivity index (χ3n) is 4.53. The van der Waals surface area contributed by atoms with Crippen LogP contribution in [0, 0.1) is 0 Å². The monoisotopic (exact) mass is 452 g/mol. The summed E-state index contributed by atoms with van der Waals surface area (Å²) in [6, 6.07) is 12.2. The molecule has 3 aromatic rings. The number of aliphatic hydroxyl groups is 1. The second-order valence-corrected chi connectivity index (χ2v) is 9.71. The maximum atomic E-state index is 12.0. The van der Waals surface area contributed by atoms with Gasteiger partial charge in [-0.15, -0.1) is 0 Å². The Kier molecular flexibility index (Phi) is 7.19. The lowest BCUT2D eigenvalue weighted by atomic mass is 10.1. The summed E-state index contributed by atoms with van der Waals surface area (Å²) in [4.78, 5) is 0. The largest absolute Gasteiger partial charge is 0.492 e. The first-order valence-corrected chi connectivity index (χ1v) is 11.5. The zero-order valence-electron chi connectivity index (χ0n) is 16.7. The minimum absolute atomic E-state index is 0.304. The van der Waals surface area contributed by atoms with Crippen molar-refractivity contribution in [2.24, 2.45) is 0 Å². The van der Waals surface area contributed by atoms with Crippen molar-refractivity contribution in [3.8, 4) is 5.75 Å². The van der Waals surface area contributed by atoms with Gasteiger partial charge in [-0.3, -0.25) is 9.82 Å². The lowest BCUT2D eigenvalue weighted by Gasteiger charge is -2.15. The Morgan fingerprint density at radius 3 is 2.80 bits per heavy atom. The zero-order chi connectivity index (χ0) is 21.7. The molecular formula is C20H25ClN4O4S. The highest BCUT2D eigenvalue weighted by Crippen LogP contribution is 2.24. The van der Waals surface area contributed by atoms with Crippen LogP contribution in [0.3, 0.4) is 0 Å². The summed E-state index contributed by atoms with van der Waals surface area (Å²) in [5, 5.41) is 21.0. The molecule has 0 amide bonds. The summed E-state index contributed by atoms with van der Waals surface area (Å²) >= 11 is 5.96. The number of nitrogens with one attached hydrogen (secondary N) is 3. The van der Waals surface area contributed by atoms with Crippen LogP contribution in [0.4, 0.5) is 5.69 Å². The van der Waals surface area contributed by atoms with E-state index in [9.17, 15) is 13.5 Å². The molecule has 0 bridgehead atoms. The normalized spacial score (nSPS) is 13.0. The number of halogens is 1. The highest BCUT2D eigenvalue weighted by Gasteiger charge is 2.16. The molecule has 30 heavy (non-hydrogen) atoms. The van der Waals surface area contributed by atoms with E-state index in [1.807, 2.05) is 18.2 Å². The van der Waals surface area contributed by atoms with Crippen LogP contribution in [0.1, 0.15) is 25.5 Å².